The maximum absolute atomic E-state index is 5.67. The number of unbranched alkanes of at least 4 members (excludes halogenated alkanes) is 1. The van der Waals surface area contributed by atoms with E-state index in [1.54, 1.807) is 11.3 Å². The Kier molecular flexibility index (Phi) is 3.94. The molecule has 2 nitrogen and oxygen atoms in total. The highest BCUT2D eigenvalue weighted by Gasteiger charge is 2.00. The van der Waals surface area contributed by atoms with Crippen molar-refractivity contribution in [1.29, 1.82) is 0 Å². The Morgan fingerprint density at radius 3 is 2.81 bits per heavy atom. The smallest absolute Gasteiger partial charge is 0.274 e. The first kappa shape index (κ1) is 11.1. The van der Waals surface area contributed by atoms with Gasteiger partial charge < -0.3 is 4.42 Å². The summed E-state index contributed by atoms with van der Waals surface area (Å²) in [6.07, 6.45) is 2.29. The van der Waals surface area contributed by atoms with Crippen LogP contribution in [0.4, 0.5) is 0 Å². The van der Waals surface area contributed by atoms with Crippen LogP contribution in [0.5, 0.6) is 0 Å². The second-order valence-electron chi connectivity index (χ2n) is 3.57. The summed E-state index contributed by atoms with van der Waals surface area (Å²) < 4.78 is 5.67. The molecule has 0 fully saturated rings. The first-order valence-corrected chi connectivity index (χ1v) is 6.42. The fraction of sp³-hybridized carbons (Fsp3) is 0.308. The van der Waals surface area contributed by atoms with Gasteiger partial charge in [-0.1, -0.05) is 55.0 Å². The SMILES string of the molecule is CCCCN=c1oc(-c2ccccc2)cs1. The fourth-order valence-electron chi connectivity index (χ4n) is 1.37. The largest absolute Gasteiger partial charge is 0.430 e. The normalized spacial score (nSPS) is 11.9. The standard InChI is InChI=1S/C13H15NOS/c1-2-3-9-14-13-15-12(10-16-13)11-7-5-4-6-8-11/h4-8,10H,2-3,9H2,1H3. The summed E-state index contributed by atoms with van der Waals surface area (Å²) in [5, 5.41) is 2.01. The Morgan fingerprint density at radius 1 is 1.25 bits per heavy atom. The number of hydrogen-bond acceptors (Lipinski definition) is 3. The molecule has 0 aliphatic carbocycles. The van der Waals surface area contributed by atoms with Gasteiger partial charge in [-0.05, 0) is 6.42 Å². The van der Waals surface area contributed by atoms with Crippen LogP contribution in [0.3, 0.4) is 0 Å². The zero-order valence-electron chi connectivity index (χ0n) is 9.35. The summed E-state index contributed by atoms with van der Waals surface area (Å²) in [6, 6.07) is 10.1. The highest BCUT2D eigenvalue weighted by molar-refractivity contribution is 7.07. The van der Waals surface area contributed by atoms with Gasteiger partial charge in [0.25, 0.3) is 4.87 Å². The van der Waals surface area contributed by atoms with Crippen molar-refractivity contribution in [2.75, 3.05) is 6.54 Å². The van der Waals surface area contributed by atoms with Crippen LogP contribution in [0, 0.1) is 0 Å². The maximum atomic E-state index is 5.67. The monoisotopic (exact) mass is 233 g/mol. The second kappa shape index (κ2) is 5.66. The molecule has 0 atom stereocenters. The van der Waals surface area contributed by atoms with Crippen LogP contribution < -0.4 is 4.87 Å². The minimum Gasteiger partial charge on any atom is -0.430 e. The zero-order valence-corrected chi connectivity index (χ0v) is 10.2. The van der Waals surface area contributed by atoms with Gasteiger partial charge in [-0.3, -0.25) is 0 Å². The van der Waals surface area contributed by atoms with Crippen molar-refractivity contribution in [3.8, 4) is 11.3 Å². The lowest BCUT2D eigenvalue weighted by Gasteiger charge is -1.92. The van der Waals surface area contributed by atoms with Crippen molar-refractivity contribution >= 4 is 11.3 Å². The van der Waals surface area contributed by atoms with Crippen LogP contribution in [-0.2, 0) is 0 Å². The van der Waals surface area contributed by atoms with Gasteiger partial charge in [-0.25, -0.2) is 4.99 Å². The van der Waals surface area contributed by atoms with Gasteiger partial charge in [0.2, 0.25) is 0 Å². The van der Waals surface area contributed by atoms with Gasteiger partial charge in [0.05, 0.1) is 0 Å². The molecular formula is C13H15NOS. The molecule has 2 aromatic rings. The van der Waals surface area contributed by atoms with E-state index in [1.165, 1.54) is 6.42 Å². The minimum atomic E-state index is 0.771. The van der Waals surface area contributed by atoms with E-state index in [1.807, 2.05) is 35.7 Å². The molecule has 0 radical (unpaired) electrons. The lowest BCUT2D eigenvalue weighted by molar-refractivity contribution is 0.528. The first-order valence-electron chi connectivity index (χ1n) is 5.54. The molecule has 0 aliphatic rings. The van der Waals surface area contributed by atoms with E-state index in [9.17, 15) is 0 Å². The molecule has 84 valence electrons. The molecule has 0 spiro atoms. The summed E-state index contributed by atoms with van der Waals surface area (Å²) in [5.41, 5.74) is 1.11. The van der Waals surface area contributed by atoms with E-state index in [-0.39, 0.29) is 0 Å². The molecule has 0 unspecified atom stereocenters. The van der Waals surface area contributed by atoms with E-state index in [2.05, 4.69) is 11.9 Å². The quantitative estimate of drug-likeness (QED) is 0.739. The maximum Gasteiger partial charge on any atom is 0.274 e. The number of rotatable bonds is 4. The highest BCUT2D eigenvalue weighted by Crippen LogP contribution is 2.18. The van der Waals surface area contributed by atoms with Gasteiger partial charge in [0.1, 0.15) is 5.76 Å². The van der Waals surface area contributed by atoms with Crippen molar-refractivity contribution in [1.82, 2.24) is 0 Å². The molecule has 0 saturated carbocycles. The fourth-order valence-corrected chi connectivity index (χ4v) is 2.07. The molecule has 3 heteroatoms. The molecule has 1 aromatic carbocycles. The van der Waals surface area contributed by atoms with Gasteiger partial charge in [0.15, 0.2) is 0 Å². The molecule has 2 rings (SSSR count). The lowest BCUT2D eigenvalue weighted by atomic mass is 10.2. The van der Waals surface area contributed by atoms with Gasteiger partial charge in [-0.15, -0.1) is 0 Å². The number of hydrogen-bond donors (Lipinski definition) is 0. The van der Waals surface area contributed by atoms with Crippen LogP contribution in [-0.4, -0.2) is 6.54 Å². The van der Waals surface area contributed by atoms with Crippen molar-refractivity contribution in [3.63, 3.8) is 0 Å². The number of nitrogens with zero attached hydrogens (tertiary/aromatic N) is 1. The molecular weight excluding hydrogens is 218 g/mol. The predicted molar refractivity (Wildman–Crippen MR) is 67.4 cm³/mol. The first-order chi connectivity index (χ1) is 7.90. The Balaban J connectivity index is 2.17. The van der Waals surface area contributed by atoms with Crippen LogP contribution in [0.15, 0.2) is 45.1 Å². The summed E-state index contributed by atoms with van der Waals surface area (Å²) in [4.78, 5) is 5.16. The van der Waals surface area contributed by atoms with E-state index in [0.29, 0.717) is 0 Å². The molecule has 16 heavy (non-hydrogen) atoms. The third-order valence-corrected chi connectivity index (χ3v) is 3.02. The molecule has 0 N–H and O–H groups in total. The Hall–Kier alpha value is -1.35. The summed E-state index contributed by atoms with van der Waals surface area (Å²) in [5.74, 6) is 0.904. The van der Waals surface area contributed by atoms with E-state index >= 15 is 0 Å². The summed E-state index contributed by atoms with van der Waals surface area (Å²) >= 11 is 1.56. The van der Waals surface area contributed by atoms with Crippen LogP contribution in [0.2, 0.25) is 0 Å². The summed E-state index contributed by atoms with van der Waals surface area (Å²) in [7, 11) is 0. The average molecular weight is 233 g/mol. The zero-order chi connectivity index (χ0) is 11.2. The predicted octanol–water partition coefficient (Wildman–Crippen LogP) is 3.71. The lowest BCUT2D eigenvalue weighted by Crippen LogP contribution is -1.93. The van der Waals surface area contributed by atoms with Crippen molar-refractivity contribution in [2.24, 2.45) is 4.99 Å². The van der Waals surface area contributed by atoms with Gasteiger partial charge in [0, 0.05) is 17.5 Å². The average Bonchev–Trinajstić information content (AvgIpc) is 2.79. The highest BCUT2D eigenvalue weighted by atomic mass is 32.1. The van der Waals surface area contributed by atoms with Crippen molar-refractivity contribution in [3.05, 3.63) is 40.6 Å². The number of benzene rings is 1. The van der Waals surface area contributed by atoms with Crippen LogP contribution in [0.25, 0.3) is 11.3 Å². The topological polar surface area (TPSA) is 25.5 Å². The third kappa shape index (κ3) is 2.83. The Labute approximate surface area is 99.3 Å². The Morgan fingerprint density at radius 2 is 2.06 bits per heavy atom. The second-order valence-corrected chi connectivity index (χ2v) is 4.39. The van der Waals surface area contributed by atoms with Gasteiger partial charge >= 0.3 is 0 Å². The molecule has 0 aliphatic heterocycles. The van der Waals surface area contributed by atoms with E-state index < -0.39 is 0 Å². The summed E-state index contributed by atoms with van der Waals surface area (Å²) in [6.45, 7) is 3.02. The van der Waals surface area contributed by atoms with Crippen molar-refractivity contribution < 1.29 is 4.42 Å². The van der Waals surface area contributed by atoms with Gasteiger partial charge in [-0.2, -0.15) is 0 Å². The van der Waals surface area contributed by atoms with E-state index in [4.69, 9.17) is 4.42 Å². The Bertz CT molecular complexity index is 484. The minimum absolute atomic E-state index is 0.771. The molecule has 0 saturated heterocycles. The molecule has 0 amide bonds. The third-order valence-electron chi connectivity index (χ3n) is 2.27. The molecule has 0 bridgehead atoms. The molecule has 1 aromatic heterocycles. The van der Waals surface area contributed by atoms with E-state index in [0.717, 1.165) is 29.2 Å². The molecule has 1 heterocycles. The van der Waals surface area contributed by atoms with Crippen LogP contribution in [0.1, 0.15) is 19.8 Å². The van der Waals surface area contributed by atoms with Crippen molar-refractivity contribution in [2.45, 2.75) is 19.8 Å². The van der Waals surface area contributed by atoms with Crippen LogP contribution >= 0.6 is 11.3 Å².